The summed E-state index contributed by atoms with van der Waals surface area (Å²) >= 11 is 0. The lowest BCUT2D eigenvalue weighted by Crippen LogP contribution is -2.52. The average molecular weight is 277 g/mol. The van der Waals surface area contributed by atoms with Crippen LogP contribution in [0.5, 0.6) is 5.75 Å². The van der Waals surface area contributed by atoms with Gasteiger partial charge >= 0.3 is 0 Å². The molecule has 1 fully saturated rings. The van der Waals surface area contributed by atoms with Crippen LogP contribution in [0.2, 0.25) is 0 Å². The number of hydrogen-bond acceptors (Lipinski definition) is 4. The number of carbonyl (C=O) groups excluding carboxylic acids is 1. The Morgan fingerprint density at radius 1 is 1.35 bits per heavy atom. The first-order valence-electron chi connectivity index (χ1n) is 7.06. The summed E-state index contributed by atoms with van der Waals surface area (Å²) < 4.78 is 0. The van der Waals surface area contributed by atoms with E-state index in [0.29, 0.717) is 31.2 Å². The summed E-state index contributed by atoms with van der Waals surface area (Å²) in [5.74, 6) is 0.159. The lowest BCUT2D eigenvalue weighted by molar-refractivity contribution is 0.0588. The normalized spacial score (nSPS) is 18.1. The van der Waals surface area contributed by atoms with Crippen molar-refractivity contribution in [2.75, 3.05) is 32.7 Å². The Morgan fingerprint density at radius 2 is 2.00 bits per heavy atom. The van der Waals surface area contributed by atoms with Gasteiger partial charge in [-0.25, -0.2) is 0 Å². The SMILES string of the molecule is Cc1ccc(C(=O)N2CCN(C(C)CN)CC2)cc1O. The van der Waals surface area contributed by atoms with Crippen LogP contribution in [-0.4, -0.2) is 59.6 Å². The third-order valence-corrected chi connectivity index (χ3v) is 4.02. The molecule has 2 rings (SSSR count). The molecule has 0 aromatic heterocycles. The highest BCUT2D eigenvalue weighted by Gasteiger charge is 2.24. The minimum Gasteiger partial charge on any atom is -0.508 e. The molecule has 3 N–H and O–H groups in total. The molecule has 1 unspecified atom stereocenters. The fraction of sp³-hybridized carbons (Fsp3) is 0.533. The van der Waals surface area contributed by atoms with E-state index in [0.717, 1.165) is 18.7 Å². The van der Waals surface area contributed by atoms with Gasteiger partial charge in [-0.05, 0) is 31.5 Å². The topological polar surface area (TPSA) is 69.8 Å². The van der Waals surface area contributed by atoms with E-state index in [4.69, 9.17) is 5.73 Å². The van der Waals surface area contributed by atoms with Crippen molar-refractivity contribution in [2.24, 2.45) is 5.73 Å². The highest BCUT2D eigenvalue weighted by atomic mass is 16.3. The molecule has 1 aliphatic heterocycles. The number of aryl methyl sites for hydroxylation is 1. The number of hydrogen-bond donors (Lipinski definition) is 2. The smallest absolute Gasteiger partial charge is 0.254 e. The van der Waals surface area contributed by atoms with Gasteiger partial charge in [0.1, 0.15) is 5.75 Å². The van der Waals surface area contributed by atoms with Crippen LogP contribution in [-0.2, 0) is 0 Å². The maximum absolute atomic E-state index is 12.4. The van der Waals surface area contributed by atoms with Gasteiger partial charge in [0.05, 0.1) is 0 Å². The van der Waals surface area contributed by atoms with Crippen molar-refractivity contribution in [1.82, 2.24) is 9.80 Å². The maximum atomic E-state index is 12.4. The molecule has 5 heteroatoms. The second kappa shape index (κ2) is 6.24. The molecule has 1 atom stereocenters. The molecule has 1 aliphatic rings. The highest BCUT2D eigenvalue weighted by Crippen LogP contribution is 2.19. The van der Waals surface area contributed by atoms with E-state index in [1.807, 2.05) is 11.8 Å². The molecule has 1 aromatic carbocycles. The predicted octanol–water partition coefficient (Wildman–Crippen LogP) is 0.806. The Kier molecular flexibility index (Phi) is 4.62. The van der Waals surface area contributed by atoms with Gasteiger partial charge in [0.2, 0.25) is 0 Å². The van der Waals surface area contributed by atoms with E-state index in [1.54, 1.807) is 18.2 Å². The molecule has 20 heavy (non-hydrogen) atoms. The largest absolute Gasteiger partial charge is 0.508 e. The van der Waals surface area contributed by atoms with Gasteiger partial charge in [-0.2, -0.15) is 0 Å². The number of aromatic hydroxyl groups is 1. The highest BCUT2D eigenvalue weighted by molar-refractivity contribution is 5.94. The van der Waals surface area contributed by atoms with Crippen LogP contribution >= 0.6 is 0 Å². The monoisotopic (exact) mass is 277 g/mol. The summed E-state index contributed by atoms with van der Waals surface area (Å²) in [6.07, 6.45) is 0. The quantitative estimate of drug-likeness (QED) is 0.857. The molecule has 0 spiro atoms. The van der Waals surface area contributed by atoms with E-state index in [-0.39, 0.29) is 11.7 Å². The Hall–Kier alpha value is -1.59. The van der Waals surface area contributed by atoms with Crippen LogP contribution in [0.4, 0.5) is 0 Å². The van der Waals surface area contributed by atoms with Crippen LogP contribution in [0, 0.1) is 6.92 Å². The third kappa shape index (κ3) is 3.11. The number of amides is 1. The van der Waals surface area contributed by atoms with Crippen molar-refractivity contribution in [3.8, 4) is 5.75 Å². The molecular weight excluding hydrogens is 254 g/mol. The minimum absolute atomic E-state index is 0.0136. The van der Waals surface area contributed by atoms with E-state index in [2.05, 4.69) is 11.8 Å². The first-order valence-corrected chi connectivity index (χ1v) is 7.06. The van der Waals surface area contributed by atoms with Crippen LogP contribution in [0.3, 0.4) is 0 Å². The molecular formula is C15H23N3O2. The van der Waals surface area contributed by atoms with Crippen LogP contribution in [0.25, 0.3) is 0 Å². The number of nitrogens with zero attached hydrogens (tertiary/aromatic N) is 2. The standard InChI is InChI=1S/C15H23N3O2/c1-11-3-4-13(9-14(11)19)15(20)18-7-5-17(6-8-18)12(2)10-16/h3-4,9,12,19H,5-8,10,16H2,1-2H3. The summed E-state index contributed by atoms with van der Waals surface area (Å²) in [5.41, 5.74) is 7.00. The van der Waals surface area contributed by atoms with E-state index >= 15 is 0 Å². The molecule has 1 saturated heterocycles. The second-order valence-electron chi connectivity index (χ2n) is 5.41. The first kappa shape index (κ1) is 14.8. The fourth-order valence-corrected chi connectivity index (χ4v) is 2.44. The summed E-state index contributed by atoms with van der Waals surface area (Å²) in [6.45, 7) is 7.67. The number of piperazine rings is 1. The van der Waals surface area contributed by atoms with Crippen LogP contribution in [0.1, 0.15) is 22.8 Å². The zero-order chi connectivity index (χ0) is 14.7. The van der Waals surface area contributed by atoms with Gasteiger partial charge in [-0.15, -0.1) is 0 Å². The zero-order valence-corrected chi connectivity index (χ0v) is 12.2. The van der Waals surface area contributed by atoms with Gasteiger partial charge < -0.3 is 15.7 Å². The number of rotatable bonds is 3. The molecule has 0 saturated carbocycles. The number of phenolic OH excluding ortho intramolecular Hbond substituents is 1. The van der Waals surface area contributed by atoms with Crippen LogP contribution < -0.4 is 5.73 Å². The average Bonchev–Trinajstić information content (AvgIpc) is 2.48. The molecule has 1 aromatic rings. The van der Waals surface area contributed by atoms with Crippen molar-refractivity contribution in [3.05, 3.63) is 29.3 Å². The molecule has 1 heterocycles. The number of phenols is 1. The summed E-state index contributed by atoms with van der Waals surface area (Å²) in [7, 11) is 0. The molecule has 5 nitrogen and oxygen atoms in total. The maximum Gasteiger partial charge on any atom is 0.254 e. The lowest BCUT2D eigenvalue weighted by Gasteiger charge is -2.37. The number of benzene rings is 1. The molecule has 0 aliphatic carbocycles. The van der Waals surface area contributed by atoms with E-state index in [1.165, 1.54) is 0 Å². The number of carbonyl (C=O) groups is 1. The van der Waals surface area contributed by atoms with E-state index < -0.39 is 0 Å². The molecule has 110 valence electrons. The van der Waals surface area contributed by atoms with Crippen molar-refractivity contribution < 1.29 is 9.90 Å². The second-order valence-corrected chi connectivity index (χ2v) is 5.41. The molecule has 0 bridgehead atoms. The number of nitrogens with two attached hydrogens (primary N) is 1. The Bertz CT molecular complexity index is 482. The van der Waals surface area contributed by atoms with Gasteiger partial charge in [0, 0.05) is 44.3 Å². The Morgan fingerprint density at radius 3 is 2.55 bits per heavy atom. The minimum atomic E-state index is -0.0136. The lowest BCUT2D eigenvalue weighted by atomic mass is 10.1. The van der Waals surface area contributed by atoms with Gasteiger partial charge in [0.15, 0.2) is 0 Å². The zero-order valence-electron chi connectivity index (χ0n) is 12.2. The van der Waals surface area contributed by atoms with Gasteiger partial charge in [-0.1, -0.05) is 6.07 Å². The van der Waals surface area contributed by atoms with Crippen molar-refractivity contribution in [2.45, 2.75) is 19.9 Å². The van der Waals surface area contributed by atoms with Crippen molar-refractivity contribution in [3.63, 3.8) is 0 Å². The summed E-state index contributed by atoms with van der Waals surface area (Å²) in [5, 5.41) is 9.70. The third-order valence-electron chi connectivity index (χ3n) is 4.02. The van der Waals surface area contributed by atoms with Crippen molar-refractivity contribution in [1.29, 1.82) is 0 Å². The Balaban J connectivity index is 1.99. The fourth-order valence-electron chi connectivity index (χ4n) is 2.44. The summed E-state index contributed by atoms with van der Waals surface area (Å²) in [6, 6.07) is 5.45. The van der Waals surface area contributed by atoms with Crippen LogP contribution in [0.15, 0.2) is 18.2 Å². The molecule has 1 amide bonds. The predicted molar refractivity (Wildman–Crippen MR) is 78.8 cm³/mol. The molecule has 0 radical (unpaired) electrons. The van der Waals surface area contributed by atoms with E-state index in [9.17, 15) is 9.90 Å². The van der Waals surface area contributed by atoms with Gasteiger partial charge in [0.25, 0.3) is 5.91 Å². The van der Waals surface area contributed by atoms with Crippen molar-refractivity contribution >= 4 is 5.91 Å². The first-order chi connectivity index (χ1) is 9.52. The summed E-state index contributed by atoms with van der Waals surface area (Å²) in [4.78, 5) is 16.5. The Labute approximate surface area is 120 Å². The van der Waals surface area contributed by atoms with Gasteiger partial charge in [-0.3, -0.25) is 9.69 Å².